The number of nitrogens with one attached hydrogen (secondary N) is 1. The summed E-state index contributed by atoms with van der Waals surface area (Å²) in [5, 5.41) is 3.44. The maximum absolute atomic E-state index is 10.9. The van der Waals surface area contributed by atoms with E-state index in [1.54, 1.807) is 10.9 Å². The molecule has 1 heterocycles. The number of amides is 1. The lowest BCUT2D eigenvalue weighted by molar-refractivity contribution is -0.123. The summed E-state index contributed by atoms with van der Waals surface area (Å²) in [5.74, 6) is -0.313. The highest BCUT2D eigenvalue weighted by Gasteiger charge is 2.20. The van der Waals surface area contributed by atoms with Crippen molar-refractivity contribution in [1.29, 1.82) is 0 Å². The minimum Gasteiger partial charge on any atom is -0.340 e. The Balaban J connectivity index is 0.00000169. The van der Waals surface area contributed by atoms with Crippen molar-refractivity contribution in [2.45, 2.75) is 13.0 Å². The Bertz CT molecular complexity index is 315. The molecule has 0 saturated heterocycles. The third-order valence-electron chi connectivity index (χ3n) is 1.32. The highest BCUT2D eigenvalue weighted by molar-refractivity contribution is 7.07. The first-order chi connectivity index (χ1) is 6.11. The van der Waals surface area contributed by atoms with Crippen LogP contribution in [0.1, 0.15) is 18.7 Å². The Hall–Kier alpha value is -0.650. The number of aromatic nitrogens is 1. The van der Waals surface area contributed by atoms with Gasteiger partial charge in [-0.05, 0) is 11.6 Å². The molecule has 0 radical (unpaired) electrons. The molecule has 1 rings (SSSR count). The summed E-state index contributed by atoms with van der Waals surface area (Å²) in [6.07, 6.45) is 0. The first kappa shape index (κ1) is 13.4. The molecule has 0 aliphatic rings. The largest absolute Gasteiger partial charge is 0.340 e. The number of carbonyl (C=O) groups excluding carboxylic acids is 2. The van der Waals surface area contributed by atoms with Crippen LogP contribution in [0.5, 0.6) is 0 Å². The molecular weight excluding hydrogens is 247 g/mol. The molecule has 1 unspecified atom stereocenters. The van der Waals surface area contributed by atoms with Crippen molar-refractivity contribution in [2.24, 2.45) is 0 Å². The SMILES string of the molecule is CC(=O)NC(C(=O)Cl)c1cscn1.Cl. The third kappa shape index (κ3) is 3.61. The lowest BCUT2D eigenvalue weighted by atomic mass is 10.2. The Morgan fingerprint density at radius 2 is 2.29 bits per heavy atom. The number of thiazole rings is 1. The van der Waals surface area contributed by atoms with Crippen LogP contribution in [-0.4, -0.2) is 16.1 Å². The van der Waals surface area contributed by atoms with E-state index in [-0.39, 0.29) is 18.3 Å². The molecule has 0 spiro atoms. The average Bonchev–Trinajstić information content (AvgIpc) is 2.50. The lowest BCUT2D eigenvalue weighted by Crippen LogP contribution is -2.30. The first-order valence-corrected chi connectivity index (χ1v) is 4.78. The van der Waals surface area contributed by atoms with Crippen molar-refractivity contribution in [3.63, 3.8) is 0 Å². The van der Waals surface area contributed by atoms with Crippen LogP contribution in [0, 0.1) is 0 Å². The zero-order valence-electron chi connectivity index (χ0n) is 7.19. The second-order valence-electron chi connectivity index (χ2n) is 2.35. The molecule has 0 bridgehead atoms. The van der Waals surface area contributed by atoms with Crippen LogP contribution in [0.4, 0.5) is 0 Å². The van der Waals surface area contributed by atoms with Crippen LogP contribution in [0.3, 0.4) is 0 Å². The predicted octanol–water partition coefficient (Wildman–Crippen LogP) is 1.51. The number of carbonyl (C=O) groups is 2. The summed E-state index contributed by atoms with van der Waals surface area (Å²) >= 11 is 6.63. The van der Waals surface area contributed by atoms with Gasteiger partial charge in [-0.2, -0.15) is 0 Å². The first-order valence-electron chi connectivity index (χ1n) is 3.46. The van der Waals surface area contributed by atoms with E-state index in [1.807, 2.05) is 0 Å². The molecule has 0 aromatic carbocycles. The molecule has 1 amide bonds. The fourth-order valence-electron chi connectivity index (χ4n) is 0.815. The van der Waals surface area contributed by atoms with Gasteiger partial charge in [-0.1, -0.05) is 0 Å². The highest BCUT2D eigenvalue weighted by Crippen LogP contribution is 2.15. The van der Waals surface area contributed by atoms with E-state index in [2.05, 4.69) is 10.3 Å². The minimum absolute atomic E-state index is 0. The van der Waals surface area contributed by atoms with Gasteiger partial charge in [-0.15, -0.1) is 23.7 Å². The van der Waals surface area contributed by atoms with Crippen LogP contribution in [0.25, 0.3) is 0 Å². The van der Waals surface area contributed by atoms with Gasteiger partial charge in [0, 0.05) is 12.3 Å². The molecule has 1 aromatic heterocycles. The number of nitrogens with zero attached hydrogens (tertiary/aromatic N) is 1. The average molecular weight is 255 g/mol. The zero-order valence-corrected chi connectivity index (χ0v) is 9.58. The second kappa shape index (κ2) is 5.95. The smallest absolute Gasteiger partial charge is 0.250 e. The van der Waals surface area contributed by atoms with Crippen LogP contribution in [-0.2, 0) is 9.59 Å². The van der Waals surface area contributed by atoms with Crippen molar-refractivity contribution in [3.05, 3.63) is 16.6 Å². The highest BCUT2D eigenvalue weighted by atomic mass is 35.5. The van der Waals surface area contributed by atoms with Gasteiger partial charge >= 0.3 is 0 Å². The Labute approximate surface area is 96.1 Å². The van der Waals surface area contributed by atoms with E-state index >= 15 is 0 Å². The Morgan fingerprint density at radius 3 is 2.64 bits per heavy atom. The van der Waals surface area contributed by atoms with Crippen molar-refractivity contribution in [3.8, 4) is 0 Å². The van der Waals surface area contributed by atoms with E-state index in [0.717, 1.165) is 0 Å². The van der Waals surface area contributed by atoms with Gasteiger partial charge in [-0.3, -0.25) is 9.59 Å². The summed E-state index contributed by atoms with van der Waals surface area (Å²) in [6, 6.07) is -0.828. The summed E-state index contributed by atoms with van der Waals surface area (Å²) in [7, 11) is 0. The molecule has 0 aliphatic carbocycles. The molecule has 0 fully saturated rings. The quantitative estimate of drug-likeness (QED) is 0.833. The van der Waals surface area contributed by atoms with Gasteiger partial charge in [0.05, 0.1) is 11.2 Å². The predicted molar refractivity (Wildman–Crippen MR) is 56.8 cm³/mol. The summed E-state index contributed by atoms with van der Waals surface area (Å²) in [5.41, 5.74) is 2.05. The number of halogens is 2. The van der Waals surface area contributed by atoms with Crippen LogP contribution >= 0.6 is 35.3 Å². The molecule has 78 valence electrons. The van der Waals surface area contributed by atoms with Crippen molar-refractivity contribution < 1.29 is 9.59 Å². The molecule has 4 nitrogen and oxygen atoms in total. The normalized spacial score (nSPS) is 11.3. The molecular formula is C7H8Cl2N2O2S. The molecule has 7 heteroatoms. The zero-order chi connectivity index (χ0) is 9.84. The Morgan fingerprint density at radius 1 is 1.64 bits per heavy atom. The van der Waals surface area contributed by atoms with Crippen LogP contribution in [0.15, 0.2) is 10.9 Å². The van der Waals surface area contributed by atoms with Crippen molar-refractivity contribution in [2.75, 3.05) is 0 Å². The van der Waals surface area contributed by atoms with Crippen molar-refractivity contribution in [1.82, 2.24) is 10.3 Å². The minimum atomic E-state index is -0.828. The summed E-state index contributed by atoms with van der Waals surface area (Å²) in [4.78, 5) is 25.5. The third-order valence-corrected chi connectivity index (χ3v) is 2.14. The summed E-state index contributed by atoms with van der Waals surface area (Å²) in [6.45, 7) is 1.32. The van der Waals surface area contributed by atoms with E-state index in [1.165, 1.54) is 18.3 Å². The van der Waals surface area contributed by atoms with Crippen LogP contribution < -0.4 is 5.32 Å². The maximum atomic E-state index is 10.9. The maximum Gasteiger partial charge on any atom is 0.250 e. The van der Waals surface area contributed by atoms with Gasteiger partial charge in [0.2, 0.25) is 11.1 Å². The standard InChI is InChI=1S/C7H7ClN2O2S.ClH/c1-4(11)10-6(7(8)12)5-2-13-3-9-5;/h2-3,6H,1H3,(H,10,11);1H. The molecule has 1 aromatic rings. The fraction of sp³-hybridized carbons (Fsp3) is 0.286. The molecule has 1 atom stereocenters. The van der Waals surface area contributed by atoms with Crippen LogP contribution in [0.2, 0.25) is 0 Å². The second-order valence-corrected chi connectivity index (χ2v) is 3.44. The van der Waals surface area contributed by atoms with Gasteiger partial charge in [0.1, 0.15) is 6.04 Å². The monoisotopic (exact) mass is 254 g/mol. The molecule has 0 aliphatic heterocycles. The van der Waals surface area contributed by atoms with E-state index < -0.39 is 11.3 Å². The van der Waals surface area contributed by atoms with E-state index in [0.29, 0.717) is 5.69 Å². The fourth-order valence-corrected chi connectivity index (χ4v) is 1.56. The van der Waals surface area contributed by atoms with E-state index in [9.17, 15) is 9.59 Å². The topological polar surface area (TPSA) is 59.1 Å². The molecule has 0 saturated carbocycles. The van der Waals surface area contributed by atoms with Gasteiger partial charge < -0.3 is 5.32 Å². The van der Waals surface area contributed by atoms with Gasteiger partial charge in [-0.25, -0.2) is 4.98 Å². The van der Waals surface area contributed by atoms with Crippen molar-refractivity contribution >= 4 is 46.5 Å². The van der Waals surface area contributed by atoms with E-state index in [4.69, 9.17) is 11.6 Å². The van der Waals surface area contributed by atoms with Gasteiger partial charge in [0.25, 0.3) is 0 Å². The lowest BCUT2D eigenvalue weighted by Gasteiger charge is -2.09. The van der Waals surface area contributed by atoms with Gasteiger partial charge in [0.15, 0.2) is 0 Å². The number of rotatable bonds is 3. The molecule has 14 heavy (non-hydrogen) atoms. The number of hydrogen-bond donors (Lipinski definition) is 1. The Kier molecular flexibility index (Phi) is 5.68. The number of hydrogen-bond acceptors (Lipinski definition) is 4. The molecule has 1 N–H and O–H groups in total. The summed E-state index contributed by atoms with van der Waals surface area (Å²) < 4.78 is 0.